The van der Waals surface area contributed by atoms with Gasteiger partial charge in [-0.3, -0.25) is 0 Å². The van der Waals surface area contributed by atoms with Gasteiger partial charge in [-0.05, 0) is 11.6 Å². The van der Waals surface area contributed by atoms with E-state index in [0.717, 1.165) is 12.1 Å². The summed E-state index contributed by atoms with van der Waals surface area (Å²) in [6, 6.07) is 6.20. The van der Waals surface area contributed by atoms with Crippen LogP contribution in [0.15, 0.2) is 18.2 Å². The Labute approximate surface area is 120 Å². The van der Waals surface area contributed by atoms with Crippen LogP contribution in [0.4, 0.5) is 5.69 Å². The van der Waals surface area contributed by atoms with Crippen LogP contribution in [0.25, 0.3) is 0 Å². The topological polar surface area (TPSA) is 26.0 Å². The van der Waals surface area contributed by atoms with E-state index in [9.17, 15) is 0 Å². The van der Waals surface area contributed by atoms with Crippen molar-refractivity contribution in [2.75, 3.05) is 5.73 Å². The number of hydrogen-bond donors (Lipinski definition) is 1. The summed E-state index contributed by atoms with van der Waals surface area (Å²) in [5, 5.41) is 0. The second-order valence-electron chi connectivity index (χ2n) is 3.02. The first kappa shape index (κ1) is 17.5. The molecule has 0 aromatic heterocycles. The summed E-state index contributed by atoms with van der Waals surface area (Å²) in [6.07, 6.45) is 5.73. The fraction of sp³-hybridized carbons (Fsp3) is 0.385. The van der Waals surface area contributed by atoms with Gasteiger partial charge in [0.1, 0.15) is 0 Å². The Balaban J connectivity index is 0. The molecule has 0 saturated heterocycles. The number of nitrogens with two attached hydrogens (primary N) is 1. The molecule has 0 fully saturated rings. The summed E-state index contributed by atoms with van der Waals surface area (Å²) >= 11 is 0. The Morgan fingerprint density at radius 1 is 1.27 bits per heavy atom. The maximum Gasteiger partial charge on any atom is 0.0323 e. The Kier molecular flexibility index (Phi) is 10.9. The van der Waals surface area contributed by atoms with Gasteiger partial charge in [-0.25, -0.2) is 0 Å². The molecule has 15 heavy (non-hydrogen) atoms. The molecule has 0 heterocycles. The first-order valence-electron chi connectivity index (χ1n) is 5.06. The van der Waals surface area contributed by atoms with E-state index in [1.165, 1.54) is 24.0 Å². The van der Waals surface area contributed by atoms with E-state index in [0.29, 0.717) is 0 Å². The van der Waals surface area contributed by atoms with Gasteiger partial charge in [0.15, 0.2) is 0 Å². The van der Waals surface area contributed by atoms with Crippen LogP contribution >= 0.6 is 0 Å². The van der Waals surface area contributed by atoms with Crippen molar-refractivity contribution in [1.29, 1.82) is 0 Å². The number of fused-ring (bicyclic) bond motifs is 1. The van der Waals surface area contributed by atoms with Crippen LogP contribution in [0.2, 0.25) is 0 Å². The molecular weight excluding hydrogens is 259 g/mol. The molecule has 83 valence electrons. The van der Waals surface area contributed by atoms with Crippen molar-refractivity contribution < 1.29 is 32.7 Å². The van der Waals surface area contributed by atoms with Gasteiger partial charge in [-0.2, -0.15) is 12.8 Å². The maximum absolute atomic E-state index is 5.82. The third-order valence-corrected chi connectivity index (χ3v) is 2.28. The van der Waals surface area contributed by atoms with Crippen molar-refractivity contribution in [2.24, 2.45) is 0 Å². The Morgan fingerprint density at radius 2 is 1.93 bits per heavy atom. The minimum atomic E-state index is 0. The Morgan fingerprint density at radius 3 is 2.53 bits per heavy atom. The van der Waals surface area contributed by atoms with Crippen molar-refractivity contribution in [1.82, 2.24) is 0 Å². The molecule has 0 bridgehead atoms. The number of hydrogen-bond acceptors (Lipinski definition) is 1. The van der Waals surface area contributed by atoms with E-state index < -0.39 is 0 Å². The number of nitrogen functional groups attached to an aromatic ring is 1. The minimum Gasteiger partial charge on any atom is -0.399 e. The zero-order valence-corrected chi connectivity index (χ0v) is 12.9. The molecule has 0 amide bonds. The Bertz CT molecular complexity index is 271. The average molecular weight is 280 g/mol. The van der Waals surface area contributed by atoms with E-state index >= 15 is 0 Å². The zero-order chi connectivity index (χ0) is 9.68. The summed E-state index contributed by atoms with van der Waals surface area (Å²) in [7, 11) is 0. The van der Waals surface area contributed by atoms with Gasteiger partial charge < -0.3 is 19.6 Å². The second kappa shape index (κ2) is 9.36. The molecule has 1 radical (unpaired) electrons. The van der Waals surface area contributed by atoms with Gasteiger partial charge in [0.05, 0.1) is 0 Å². The molecule has 2 N–H and O–H groups in total. The molecule has 0 saturated carbocycles. The molecular formula is C13H21NY-2. The fourth-order valence-electron chi connectivity index (χ4n) is 1.64. The average Bonchev–Trinajstić information content (AvgIpc) is 2.22. The van der Waals surface area contributed by atoms with Gasteiger partial charge in [-0.15, -0.1) is 0 Å². The minimum absolute atomic E-state index is 0. The molecule has 2 heteroatoms. The monoisotopic (exact) mass is 280 g/mol. The molecule has 1 aromatic carbocycles. The van der Waals surface area contributed by atoms with Gasteiger partial charge in [0.25, 0.3) is 0 Å². The van der Waals surface area contributed by atoms with Crippen molar-refractivity contribution in [2.45, 2.75) is 33.1 Å². The molecule has 0 atom stereocenters. The van der Waals surface area contributed by atoms with Crippen molar-refractivity contribution in [3.63, 3.8) is 0 Å². The van der Waals surface area contributed by atoms with Crippen LogP contribution in [0.5, 0.6) is 0 Å². The van der Waals surface area contributed by atoms with E-state index in [1.807, 2.05) is 26.0 Å². The SMILES string of the molecule is CC.Nc1cccc2c1C[CH-]CC2.[CH3-].[Y]. The molecule has 0 aliphatic heterocycles. The van der Waals surface area contributed by atoms with Gasteiger partial charge in [-0.1, -0.05) is 38.0 Å². The molecule has 1 aromatic rings. The van der Waals surface area contributed by atoms with Crippen LogP contribution in [-0.2, 0) is 45.6 Å². The van der Waals surface area contributed by atoms with Gasteiger partial charge >= 0.3 is 0 Å². The van der Waals surface area contributed by atoms with Crippen LogP contribution in [-0.4, -0.2) is 0 Å². The number of anilines is 1. The summed E-state index contributed by atoms with van der Waals surface area (Å²) in [4.78, 5) is 0. The summed E-state index contributed by atoms with van der Waals surface area (Å²) in [6.45, 7) is 4.00. The normalized spacial score (nSPS) is 12.1. The van der Waals surface area contributed by atoms with Crippen LogP contribution in [0, 0.1) is 13.8 Å². The summed E-state index contributed by atoms with van der Waals surface area (Å²) in [5.74, 6) is 0. The maximum atomic E-state index is 5.82. The Hall–Kier alpha value is 0.124. The number of aryl methyl sites for hydroxylation is 1. The van der Waals surface area contributed by atoms with Crippen molar-refractivity contribution in [3.05, 3.63) is 43.2 Å². The third kappa shape index (κ3) is 4.65. The van der Waals surface area contributed by atoms with Gasteiger partial charge in [0.2, 0.25) is 0 Å². The quantitative estimate of drug-likeness (QED) is 0.572. The zero-order valence-electron chi connectivity index (χ0n) is 10.1. The smallest absolute Gasteiger partial charge is 0.0323 e. The molecule has 1 aliphatic rings. The number of rotatable bonds is 0. The summed E-state index contributed by atoms with van der Waals surface area (Å²) in [5.41, 5.74) is 9.56. The van der Waals surface area contributed by atoms with E-state index in [4.69, 9.17) is 5.73 Å². The predicted octanol–water partition coefficient (Wildman–Crippen LogP) is 3.44. The van der Waals surface area contributed by atoms with Gasteiger partial charge in [0, 0.05) is 38.4 Å². The van der Waals surface area contributed by atoms with Crippen LogP contribution < -0.4 is 5.73 Å². The molecule has 1 aliphatic carbocycles. The molecule has 2 rings (SSSR count). The van der Waals surface area contributed by atoms with E-state index in [1.54, 1.807) is 0 Å². The van der Waals surface area contributed by atoms with E-state index in [-0.39, 0.29) is 40.1 Å². The standard InChI is InChI=1S/C10H12N.C2H6.CH3.Y/c11-10-7-3-5-8-4-1-2-6-9(8)10;1-2;;/h2-3,5,7H,1,4,6,11H2;1-2H3;1H3;/q-1;;-1;. The van der Waals surface area contributed by atoms with Crippen LogP contribution in [0.1, 0.15) is 31.4 Å². The fourth-order valence-corrected chi connectivity index (χ4v) is 1.64. The number of benzene rings is 1. The van der Waals surface area contributed by atoms with Crippen molar-refractivity contribution in [3.8, 4) is 0 Å². The van der Waals surface area contributed by atoms with Crippen LogP contribution in [0.3, 0.4) is 0 Å². The first-order valence-corrected chi connectivity index (χ1v) is 5.06. The summed E-state index contributed by atoms with van der Waals surface area (Å²) < 4.78 is 0. The largest absolute Gasteiger partial charge is 0.399 e. The molecule has 1 nitrogen and oxygen atoms in total. The second-order valence-corrected chi connectivity index (χ2v) is 3.02. The first-order chi connectivity index (χ1) is 6.38. The predicted molar refractivity (Wildman–Crippen MR) is 64.9 cm³/mol. The molecule has 0 spiro atoms. The van der Waals surface area contributed by atoms with Crippen molar-refractivity contribution >= 4 is 5.69 Å². The molecule has 0 unspecified atom stereocenters. The van der Waals surface area contributed by atoms with E-state index in [2.05, 4.69) is 12.5 Å². The third-order valence-electron chi connectivity index (χ3n) is 2.28.